The zero-order valence-corrected chi connectivity index (χ0v) is 15.6. The van der Waals surface area contributed by atoms with Crippen LogP contribution >= 0.6 is 34.9 Å². The monoisotopic (exact) mass is 358 g/mol. The third-order valence-electron chi connectivity index (χ3n) is 3.35. The fourth-order valence-electron chi connectivity index (χ4n) is 1.97. The summed E-state index contributed by atoms with van der Waals surface area (Å²) in [7, 11) is 0. The third kappa shape index (κ3) is 5.09. The Kier molecular flexibility index (Phi) is 5.75. The van der Waals surface area contributed by atoms with Crippen LogP contribution in [0, 0.1) is 13.8 Å². The lowest BCUT2D eigenvalue weighted by molar-refractivity contribution is 0.954. The van der Waals surface area contributed by atoms with Crippen LogP contribution in [0.2, 0.25) is 0 Å². The summed E-state index contributed by atoms with van der Waals surface area (Å²) in [5.41, 5.74) is 5.24. The lowest BCUT2D eigenvalue weighted by atomic mass is 10.2. The van der Waals surface area contributed by atoms with Gasteiger partial charge in [0.15, 0.2) is 8.68 Å². The minimum atomic E-state index is 0.942. The Morgan fingerprint density at radius 1 is 0.696 bits per heavy atom. The van der Waals surface area contributed by atoms with E-state index in [0.717, 1.165) is 20.2 Å². The zero-order valence-electron chi connectivity index (χ0n) is 13.2. The molecule has 0 saturated carbocycles. The minimum absolute atomic E-state index is 0.942. The van der Waals surface area contributed by atoms with Crippen molar-refractivity contribution in [1.82, 2.24) is 10.2 Å². The van der Waals surface area contributed by atoms with Gasteiger partial charge in [-0.05, 0) is 25.0 Å². The first-order valence-electron chi connectivity index (χ1n) is 7.39. The molecule has 1 aromatic heterocycles. The van der Waals surface area contributed by atoms with E-state index in [4.69, 9.17) is 0 Å². The fraction of sp³-hybridized carbons (Fsp3) is 0.222. The van der Waals surface area contributed by atoms with E-state index in [0.29, 0.717) is 0 Å². The maximum atomic E-state index is 4.29. The van der Waals surface area contributed by atoms with E-state index in [1.54, 1.807) is 34.9 Å². The van der Waals surface area contributed by atoms with Crippen LogP contribution in [-0.4, -0.2) is 10.2 Å². The van der Waals surface area contributed by atoms with Crippen molar-refractivity contribution in [3.8, 4) is 0 Å². The third-order valence-corrected chi connectivity index (χ3v) is 6.69. The second kappa shape index (κ2) is 7.99. The number of benzene rings is 2. The highest BCUT2D eigenvalue weighted by Gasteiger charge is 2.06. The summed E-state index contributed by atoms with van der Waals surface area (Å²) in [5, 5.41) is 8.57. The van der Waals surface area contributed by atoms with Crippen LogP contribution in [0.1, 0.15) is 22.3 Å². The highest BCUT2D eigenvalue weighted by atomic mass is 32.2. The molecule has 0 amide bonds. The number of hydrogen-bond donors (Lipinski definition) is 0. The van der Waals surface area contributed by atoms with Gasteiger partial charge in [-0.25, -0.2) is 0 Å². The summed E-state index contributed by atoms with van der Waals surface area (Å²) < 4.78 is 2.08. The summed E-state index contributed by atoms with van der Waals surface area (Å²) in [6.45, 7) is 4.22. The maximum Gasteiger partial charge on any atom is 0.175 e. The molecule has 0 unspecified atom stereocenters. The molecule has 118 valence electrons. The Labute approximate surface area is 149 Å². The summed E-state index contributed by atoms with van der Waals surface area (Å²) >= 11 is 5.19. The molecule has 3 aromatic rings. The van der Waals surface area contributed by atoms with Crippen molar-refractivity contribution >= 4 is 34.9 Å². The van der Waals surface area contributed by atoms with Crippen molar-refractivity contribution in [2.24, 2.45) is 0 Å². The predicted octanol–water partition coefficient (Wildman–Crippen LogP) is 5.74. The molecule has 23 heavy (non-hydrogen) atoms. The first-order valence-corrected chi connectivity index (χ1v) is 10.2. The molecule has 0 aliphatic carbocycles. The fourth-order valence-corrected chi connectivity index (χ4v) is 4.90. The van der Waals surface area contributed by atoms with Gasteiger partial charge in [-0.1, -0.05) is 94.5 Å². The molecule has 3 rings (SSSR count). The van der Waals surface area contributed by atoms with Gasteiger partial charge in [-0.2, -0.15) is 0 Å². The van der Waals surface area contributed by atoms with Gasteiger partial charge < -0.3 is 0 Å². The highest BCUT2D eigenvalue weighted by molar-refractivity contribution is 8.02. The molecule has 0 fully saturated rings. The van der Waals surface area contributed by atoms with Crippen molar-refractivity contribution in [2.75, 3.05) is 0 Å². The Morgan fingerprint density at radius 3 is 1.48 bits per heavy atom. The number of aryl methyl sites for hydroxylation is 2. The Morgan fingerprint density at radius 2 is 1.09 bits per heavy atom. The number of hydrogen-bond acceptors (Lipinski definition) is 5. The molecule has 0 atom stereocenters. The van der Waals surface area contributed by atoms with Gasteiger partial charge in [0, 0.05) is 11.5 Å². The average Bonchev–Trinajstić information content (AvgIpc) is 3.02. The molecule has 0 spiro atoms. The lowest BCUT2D eigenvalue weighted by Crippen LogP contribution is -1.81. The highest BCUT2D eigenvalue weighted by Crippen LogP contribution is 2.32. The van der Waals surface area contributed by atoms with E-state index in [2.05, 4.69) is 72.6 Å². The van der Waals surface area contributed by atoms with Crippen LogP contribution in [0.25, 0.3) is 0 Å². The minimum Gasteiger partial charge on any atom is -0.131 e. The van der Waals surface area contributed by atoms with Crippen LogP contribution < -0.4 is 0 Å². The van der Waals surface area contributed by atoms with Gasteiger partial charge in [0.2, 0.25) is 0 Å². The molecular formula is C18H18N2S3. The van der Waals surface area contributed by atoms with Gasteiger partial charge >= 0.3 is 0 Å². The Bertz CT molecular complexity index is 685. The Balaban J connectivity index is 1.51. The van der Waals surface area contributed by atoms with Gasteiger partial charge in [-0.3, -0.25) is 0 Å². The van der Waals surface area contributed by atoms with Gasteiger partial charge in [0.25, 0.3) is 0 Å². The SMILES string of the molecule is Cc1ccc(CSc2nnc(SCc3ccc(C)cc3)s2)cc1. The smallest absolute Gasteiger partial charge is 0.131 e. The van der Waals surface area contributed by atoms with Crippen molar-refractivity contribution in [2.45, 2.75) is 34.0 Å². The number of thioether (sulfide) groups is 2. The van der Waals surface area contributed by atoms with Crippen LogP contribution in [0.5, 0.6) is 0 Å². The van der Waals surface area contributed by atoms with Gasteiger partial charge in [-0.15, -0.1) is 10.2 Å². The lowest BCUT2D eigenvalue weighted by Gasteiger charge is -1.99. The molecule has 0 radical (unpaired) electrons. The first-order chi connectivity index (χ1) is 11.2. The Hall–Kier alpha value is -1.30. The van der Waals surface area contributed by atoms with Gasteiger partial charge in [0.05, 0.1) is 0 Å². The predicted molar refractivity (Wildman–Crippen MR) is 101 cm³/mol. The summed E-state index contributed by atoms with van der Waals surface area (Å²) in [4.78, 5) is 0. The van der Waals surface area contributed by atoms with Crippen LogP contribution in [0.15, 0.2) is 57.2 Å². The van der Waals surface area contributed by atoms with E-state index < -0.39 is 0 Å². The molecule has 1 heterocycles. The summed E-state index contributed by atoms with van der Waals surface area (Å²) in [5.74, 6) is 1.88. The van der Waals surface area contributed by atoms with E-state index in [-0.39, 0.29) is 0 Å². The van der Waals surface area contributed by atoms with E-state index in [9.17, 15) is 0 Å². The zero-order chi connectivity index (χ0) is 16.1. The van der Waals surface area contributed by atoms with Crippen LogP contribution in [-0.2, 0) is 11.5 Å². The van der Waals surface area contributed by atoms with Crippen molar-refractivity contribution in [3.63, 3.8) is 0 Å². The largest absolute Gasteiger partial charge is 0.175 e. The van der Waals surface area contributed by atoms with Crippen molar-refractivity contribution < 1.29 is 0 Å². The van der Waals surface area contributed by atoms with E-state index >= 15 is 0 Å². The molecule has 0 aliphatic rings. The van der Waals surface area contributed by atoms with E-state index in [1.165, 1.54) is 22.3 Å². The molecule has 0 saturated heterocycles. The topological polar surface area (TPSA) is 25.8 Å². The molecule has 5 heteroatoms. The standard InChI is InChI=1S/C18H18N2S3/c1-13-3-7-15(8-4-13)11-21-17-19-20-18(23-17)22-12-16-9-5-14(2)6-10-16/h3-10H,11-12H2,1-2H3. The maximum absolute atomic E-state index is 4.29. The average molecular weight is 359 g/mol. The molecule has 2 aromatic carbocycles. The molecule has 0 bridgehead atoms. The first kappa shape index (κ1) is 16.6. The molecule has 0 N–H and O–H groups in total. The van der Waals surface area contributed by atoms with Crippen LogP contribution in [0.4, 0.5) is 0 Å². The van der Waals surface area contributed by atoms with Gasteiger partial charge in [0.1, 0.15) is 0 Å². The number of nitrogens with zero attached hydrogens (tertiary/aromatic N) is 2. The summed E-state index contributed by atoms with van der Waals surface area (Å²) in [6, 6.07) is 17.3. The number of aromatic nitrogens is 2. The second-order valence-corrected chi connectivity index (χ2v) is 8.80. The van der Waals surface area contributed by atoms with Crippen LogP contribution in [0.3, 0.4) is 0 Å². The quantitative estimate of drug-likeness (QED) is 0.525. The normalized spacial score (nSPS) is 10.9. The molecule has 2 nitrogen and oxygen atoms in total. The molecular weight excluding hydrogens is 340 g/mol. The van der Waals surface area contributed by atoms with Crippen molar-refractivity contribution in [1.29, 1.82) is 0 Å². The number of rotatable bonds is 6. The second-order valence-electron chi connectivity index (χ2n) is 5.38. The molecule has 0 aliphatic heterocycles. The van der Waals surface area contributed by atoms with Crippen molar-refractivity contribution in [3.05, 3.63) is 70.8 Å². The summed E-state index contributed by atoms with van der Waals surface area (Å²) in [6.07, 6.45) is 0. The van der Waals surface area contributed by atoms with E-state index in [1.807, 2.05) is 0 Å².